The Bertz CT molecular complexity index is 755. The van der Waals surface area contributed by atoms with Crippen LogP contribution in [0.1, 0.15) is 21.6 Å². The number of pyridine rings is 1. The van der Waals surface area contributed by atoms with Gasteiger partial charge in [0.1, 0.15) is 0 Å². The highest BCUT2D eigenvalue weighted by Crippen LogP contribution is 2.13. The second kappa shape index (κ2) is 6.02. The maximum Gasteiger partial charge on any atom is 0.257 e. The largest absolute Gasteiger partial charge is 0.322 e. The van der Waals surface area contributed by atoms with E-state index < -0.39 is 10.0 Å². The lowest BCUT2D eigenvalue weighted by Crippen LogP contribution is -2.15. The van der Waals surface area contributed by atoms with Gasteiger partial charge in [-0.2, -0.15) is 0 Å². The summed E-state index contributed by atoms with van der Waals surface area (Å²) in [5, 5.41) is 7.70. The molecule has 0 saturated carbocycles. The number of nitrogens with one attached hydrogen (secondary N) is 1. The van der Waals surface area contributed by atoms with Gasteiger partial charge in [0.2, 0.25) is 10.0 Å². The van der Waals surface area contributed by atoms with E-state index >= 15 is 0 Å². The Hall–Kier alpha value is -2.25. The maximum atomic E-state index is 12.1. The molecule has 0 aliphatic heterocycles. The zero-order valence-corrected chi connectivity index (χ0v) is 12.2. The van der Waals surface area contributed by atoms with Crippen LogP contribution in [0.25, 0.3) is 0 Å². The molecule has 0 atom stereocenters. The number of primary sulfonamides is 1. The summed E-state index contributed by atoms with van der Waals surface area (Å²) in [5.74, 6) is -0.497. The third-order valence-electron chi connectivity index (χ3n) is 2.83. The van der Waals surface area contributed by atoms with Crippen molar-refractivity contribution in [1.29, 1.82) is 0 Å². The van der Waals surface area contributed by atoms with Gasteiger partial charge in [0.15, 0.2) is 0 Å². The molecule has 0 unspecified atom stereocenters. The number of carbonyl (C=O) groups excluding carboxylic acids is 1. The van der Waals surface area contributed by atoms with Crippen LogP contribution in [-0.4, -0.2) is 19.3 Å². The fraction of sp³-hybridized carbons (Fsp3) is 0.143. The Balaban J connectivity index is 2.10. The monoisotopic (exact) mass is 305 g/mol. The van der Waals surface area contributed by atoms with Crippen LogP contribution in [-0.2, 0) is 15.8 Å². The summed E-state index contributed by atoms with van der Waals surface area (Å²) in [4.78, 5) is 16.1. The van der Waals surface area contributed by atoms with E-state index in [1.165, 1.54) is 0 Å². The number of nitrogens with zero attached hydrogens (tertiary/aromatic N) is 1. The van der Waals surface area contributed by atoms with E-state index in [9.17, 15) is 13.2 Å². The first-order chi connectivity index (χ1) is 9.85. The molecule has 0 spiro atoms. The minimum absolute atomic E-state index is 0.233. The highest BCUT2D eigenvalue weighted by Gasteiger charge is 2.10. The van der Waals surface area contributed by atoms with E-state index in [-0.39, 0.29) is 11.7 Å². The molecule has 1 amide bonds. The van der Waals surface area contributed by atoms with E-state index in [1.54, 1.807) is 49.5 Å². The second-order valence-electron chi connectivity index (χ2n) is 4.59. The van der Waals surface area contributed by atoms with Crippen molar-refractivity contribution in [3.05, 3.63) is 59.4 Å². The Labute approximate surface area is 123 Å². The predicted octanol–water partition coefficient (Wildman–Crippen LogP) is 1.43. The molecule has 21 heavy (non-hydrogen) atoms. The number of aromatic nitrogens is 1. The standard InChI is InChI=1S/C14H15N3O3S/c1-10-13(3-2-8-16-10)14(18)17-12-6-4-11(5-7-12)9-21(15,19)20/h2-8H,9H2,1H3,(H,17,18)(H2,15,19,20). The molecular weight excluding hydrogens is 290 g/mol. The summed E-state index contributed by atoms with van der Waals surface area (Å²) >= 11 is 0. The van der Waals surface area contributed by atoms with Gasteiger partial charge in [0.05, 0.1) is 11.3 Å². The van der Waals surface area contributed by atoms with Gasteiger partial charge >= 0.3 is 0 Å². The van der Waals surface area contributed by atoms with Crippen LogP contribution in [0.5, 0.6) is 0 Å². The SMILES string of the molecule is Cc1ncccc1C(=O)Nc1ccc(CS(N)(=O)=O)cc1. The highest BCUT2D eigenvalue weighted by atomic mass is 32.2. The zero-order chi connectivity index (χ0) is 15.5. The van der Waals surface area contributed by atoms with Crippen molar-refractivity contribution >= 4 is 21.6 Å². The highest BCUT2D eigenvalue weighted by molar-refractivity contribution is 7.88. The lowest BCUT2D eigenvalue weighted by molar-refractivity contribution is 0.102. The van der Waals surface area contributed by atoms with Crippen LogP contribution in [0.2, 0.25) is 0 Å². The van der Waals surface area contributed by atoms with Crippen molar-refractivity contribution in [2.45, 2.75) is 12.7 Å². The molecule has 1 heterocycles. The minimum atomic E-state index is -3.56. The third kappa shape index (κ3) is 4.37. The molecule has 0 fully saturated rings. The smallest absolute Gasteiger partial charge is 0.257 e. The summed E-state index contributed by atoms with van der Waals surface area (Å²) in [6.45, 7) is 1.75. The number of aryl methyl sites for hydroxylation is 1. The minimum Gasteiger partial charge on any atom is -0.322 e. The number of amides is 1. The number of anilines is 1. The fourth-order valence-corrected chi connectivity index (χ4v) is 2.50. The molecule has 0 aliphatic rings. The molecule has 3 N–H and O–H groups in total. The van der Waals surface area contributed by atoms with Gasteiger partial charge in [-0.25, -0.2) is 13.6 Å². The second-order valence-corrected chi connectivity index (χ2v) is 6.21. The number of hydrogen-bond acceptors (Lipinski definition) is 4. The van der Waals surface area contributed by atoms with Gasteiger partial charge in [0.25, 0.3) is 5.91 Å². The van der Waals surface area contributed by atoms with Gasteiger partial charge < -0.3 is 5.32 Å². The normalized spacial score (nSPS) is 11.1. The summed E-state index contributed by atoms with van der Waals surface area (Å²) in [5.41, 5.74) is 2.27. The first kappa shape index (κ1) is 15.1. The van der Waals surface area contributed by atoms with E-state index in [0.717, 1.165) is 0 Å². The number of sulfonamides is 1. The van der Waals surface area contributed by atoms with Gasteiger partial charge in [-0.3, -0.25) is 9.78 Å². The van der Waals surface area contributed by atoms with Crippen LogP contribution >= 0.6 is 0 Å². The molecule has 0 aliphatic carbocycles. The average molecular weight is 305 g/mol. The van der Waals surface area contributed by atoms with Crippen molar-refractivity contribution in [1.82, 2.24) is 4.98 Å². The predicted molar refractivity (Wildman–Crippen MR) is 80.2 cm³/mol. The van der Waals surface area contributed by atoms with E-state index in [0.29, 0.717) is 22.5 Å². The lowest BCUT2D eigenvalue weighted by Gasteiger charge is -2.07. The zero-order valence-electron chi connectivity index (χ0n) is 11.4. The number of benzene rings is 1. The van der Waals surface area contributed by atoms with Crippen molar-refractivity contribution in [3.8, 4) is 0 Å². The molecule has 2 aromatic rings. The molecule has 7 heteroatoms. The fourth-order valence-electron chi connectivity index (χ4n) is 1.84. The van der Waals surface area contributed by atoms with E-state index in [1.807, 2.05) is 0 Å². The molecule has 6 nitrogen and oxygen atoms in total. The molecule has 0 bridgehead atoms. The quantitative estimate of drug-likeness (QED) is 0.892. The van der Waals surface area contributed by atoms with Gasteiger partial charge in [-0.1, -0.05) is 12.1 Å². The van der Waals surface area contributed by atoms with Gasteiger partial charge in [0, 0.05) is 17.6 Å². The number of hydrogen-bond donors (Lipinski definition) is 2. The summed E-state index contributed by atoms with van der Waals surface area (Å²) in [6.07, 6.45) is 1.62. The lowest BCUT2D eigenvalue weighted by atomic mass is 10.2. The molecule has 1 aromatic heterocycles. The van der Waals surface area contributed by atoms with Crippen LogP contribution < -0.4 is 10.5 Å². The Morgan fingerprint density at radius 1 is 1.24 bits per heavy atom. The van der Waals surface area contributed by atoms with E-state index in [2.05, 4.69) is 10.3 Å². The number of nitrogens with two attached hydrogens (primary N) is 1. The van der Waals surface area contributed by atoms with Crippen LogP contribution in [0, 0.1) is 6.92 Å². The topological polar surface area (TPSA) is 102 Å². The van der Waals surface area contributed by atoms with Gasteiger partial charge in [-0.05, 0) is 36.8 Å². The van der Waals surface area contributed by atoms with Crippen molar-refractivity contribution in [2.24, 2.45) is 5.14 Å². The third-order valence-corrected chi connectivity index (χ3v) is 3.57. The molecule has 110 valence electrons. The maximum absolute atomic E-state index is 12.1. The number of carbonyl (C=O) groups is 1. The first-order valence-electron chi connectivity index (χ1n) is 6.17. The van der Waals surface area contributed by atoms with Crippen LogP contribution in [0.4, 0.5) is 5.69 Å². The Morgan fingerprint density at radius 2 is 1.90 bits per heavy atom. The van der Waals surface area contributed by atoms with Crippen LogP contribution in [0.15, 0.2) is 42.6 Å². The summed E-state index contributed by atoms with van der Waals surface area (Å²) in [6, 6.07) is 9.85. The van der Waals surface area contributed by atoms with Crippen molar-refractivity contribution < 1.29 is 13.2 Å². The molecule has 0 saturated heterocycles. The first-order valence-corrected chi connectivity index (χ1v) is 7.89. The molecule has 0 radical (unpaired) electrons. The van der Waals surface area contributed by atoms with Gasteiger partial charge in [-0.15, -0.1) is 0 Å². The van der Waals surface area contributed by atoms with E-state index in [4.69, 9.17) is 5.14 Å². The Kier molecular flexibility index (Phi) is 4.35. The molecule has 2 rings (SSSR count). The Morgan fingerprint density at radius 3 is 2.48 bits per heavy atom. The average Bonchev–Trinajstić information content (AvgIpc) is 2.40. The number of rotatable bonds is 4. The summed E-state index contributed by atoms with van der Waals surface area (Å²) < 4.78 is 22.0. The molecule has 1 aromatic carbocycles. The van der Waals surface area contributed by atoms with Crippen molar-refractivity contribution in [2.75, 3.05) is 5.32 Å². The molecular formula is C14H15N3O3S. The van der Waals surface area contributed by atoms with Crippen LogP contribution in [0.3, 0.4) is 0 Å². The summed E-state index contributed by atoms with van der Waals surface area (Å²) in [7, 11) is -3.56. The van der Waals surface area contributed by atoms with Crippen molar-refractivity contribution in [3.63, 3.8) is 0 Å².